The topological polar surface area (TPSA) is 84.1 Å². The number of hydrogen-bond acceptors (Lipinski definition) is 4. The normalized spacial score (nSPS) is 12.6. The van der Waals surface area contributed by atoms with E-state index < -0.39 is 12.1 Å². The third-order valence-corrected chi connectivity index (χ3v) is 2.21. The molecule has 6 nitrogen and oxygen atoms in total. The van der Waals surface area contributed by atoms with Crippen LogP contribution >= 0.6 is 0 Å². The molecule has 0 fully saturated rings. The minimum Gasteiger partial charge on any atom is -0.491 e. The summed E-state index contributed by atoms with van der Waals surface area (Å²) >= 11 is 0. The number of rotatable bonds is 4. The highest BCUT2D eigenvalue weighted by atomic mass is 16.5. The first-order valence-corrected chi connectivity index (χ1v) is 5.09. The van der Waals surface area contributed by atoms with E-state index in [1.165, 1.54) is 10.7 Å². The van der Waals surface area contributed by atoms with Gasteiger partial charge in [-0.1, -0.05) is 0 Å². The van der Waals surface area contributed by atoms with Crippen LogP contribution in [0.4, 0.5) is 0 Å². The summed E-state index contributed by atoms with van der Waals surface area (Å²) in [6, 6.07) is 3.24. The molecule has 1 unspecified atom stereocenters. The SMILES string of the molecule is CC(O)COc1ccn2ncc(C(=O)O)c2c1. The van der Waals surface area contributed by atoms with Crippen LogP contribution in [0.2, 0.25) is 0 Å². The number of aliphatic hydroxyl groups is 1. The van der Waals surface area contributed by atoms with E-state index in [0.29, 0.717) is 11.3 Å². The first-order chi connectivity index (χ1) is 8.08. The predicted molar refractivity (Wildman–Crippen MR) is 59.3 cm³/mol. The zero-order valence-electron chi connectivity index (χ0n) is 9.20. The maximum absolute atomic E-state index is 10.9. The molecule has 0 spiro atoms. The van der Waals surface area contributed by atoms with Gasteiger partial charge in [0.2, 0.25) is 0 Å². The summed E-state index contributed by atoms with van der Waals surface area (Å²) in [4.78, 5) is 10.9. The van der Waals surface area contributed by atoms with Crippen LogP contribution < -0.4 is 4.74 Å². The van der Waals surface area contributed by atoms with Crippen LogP contribution in [0.15, 0.2) is 24.5 Å². The molecule has 2 rings (SSSR count). The van der Waals surface area contributed by atoms with E-state index in [2.05, 4.69) is 5.10 Å². The largest absolute Gasteiger partial charge is 0.491 e. The van der Waals surface area contributed by atoms with Crippen LogP contribution in [0, 0.1) is 0 Å². The van der Waals surface area contributed by atoms with Crippen LogP contribution in [-0.4, -0.2) is 38.5 Å². The van der Waals surface area contributed by atoms with Gasteiger partial charge in [-0.15, -0.1) is 0 Å². The fourth-order valence-electron chi connectivity index (χ4n) is 1.43. The number of aromatic nitrogens is 2. The summed E-state index contributed by atoms with van der Waals surface area (Å²) < 4.78 is 6.75. The quantitative estimate of drug-likeness (QED) is 0.820. The molecule has 0 saturated carbocycles. The predicted octanol–water partition coefficient (Wildman–Crippen LogP) is 0.792. The van der Waals surface area contributed by atoms with Gasteiger partial charge < -0.3 is 14.9 Å². The molecule has 2 heterocycles. The second kappa shape index (κ2) is 4.42. The Labute approximate surface area is 97.1 Å². The number of carboxylic acids is 1. The van der Waals surface area contributed by atoms with Crippen molar-refractivity contribution in [3.05, 3.63) is 30.1 Å². The van der Waals surface area contributed by atoms with Gasteiger partial charge >= 0.3 is 5.97 Å². The van der Waals surface area contributed by atoms with Gasteiger partial charge in [0, 0.05) is 12.3 Å². The number of carbonyl (C=O) groups is 1. The minimum atomic E-state index is -1.03. The van der Waals surface area contributed by atoms with Gasteiger partial charge in [-0.2, -0.15) is 5.10 Å². The van der Waals surface area contributed by atoms with Crippen molar-refractivity contribution in [2.24, 2.45) is 0 Å². The number of carboxylic acid groups (broad SMARTS) is 1. The first kappa shape index (κ1) is 11.4. The van der Waals surface area contributed by atoms with Crippen molar-refractivity contribution in [3.8, 4) is 5.75 Å². The molecular formula is C11H12N2O4. The fraction of sp³-hybridized carbons (Fsp3) is 0.273. The van der Waals surface area contributed by atoms with Gasteiger partial charge in [-0.05, 0) is 13.0 Å². The van der Waals surface area contributed by atoms with E-state index in [1.807, 2.05) is 0 Å². The molecule has 2 N–H and O–H groups in total. The smallest absolute Gasteiger partial charge is 0.339 e. The Bertz CT molecular complexity index is 547. The van der Waals surface area contributed by atoms with Crippen molar-refractivity contribution in [2.45, 2.75) is 13.0 Å². The summed E-state index contributed by atoms with van der Waals surface area (Å²) in [5, 5.41) is 21.9. The molecule has 17 heavy (non-hydrogen) atoms. The van der Waals surface area contributed by atoms with Crippen LogP contribution in [0.1, 0.15) is 17.3 Å². The van der Waals surface area contributed by atoms with Crippen LogP contribution in [0.5, 0.6) is 5.75 Å². The maximum Gasteiger partial charge on any atom is 0.339 e. The highest BCUT2D eigenvalue weighted by Crippen LogP contribution is 2.18. The van der Waals surface area contributed by atoms with Crippen molar-refractivity contribution >= 4 is 11.5 Å². The van der Waals surface area contributed by atoms with Gasteiger partial charge in [0.1, 0.15) is 17.9 Å². The van der Waals surface area contributed by atoms with Crippen LogP contribution in [-0.2, 0) is 0 Å². The third kappa shape index (κ3) is 2.36. The number of ether oxygens (including phenoxy) is 1. The van der Waals surface area contributed by atoms with Crippen molar-refractivity contribution in [1.82, 2.24) is 9.61 Å². The molecule has 0 bridgehead atoms. The highest BCUT2D eigenvalue weighted by Gasteiger charge is 2.11. The zero-order chi connectivity index (χ0) is 12.4. The van der Waals surface area contributed by atoms with Crippen molar-refractivity contribution in [3.63, 3.8) is 0 Å². The first-order valence-electron chi connectivity index (χ1n) is 5.09. The van der Waals surface area contributed by atoms with Gasteiger partial charge in [-0.25, -0.2) is 9.31 Å². The monoisotopic (exact) mass is 236 g/mol. The number of fused-ring (bicyclic) bond motifs is 1. The summed E-state index contributed by atoms with van der Waals surface area (Å²) in [7, 11) is 0. The van der Waals surface area contributed by atoms with Crippen molar-refractivity contribution in [2.75, 3.05) is 6.61 Å². The lowest BCUT2D eigenvalue weighted by molar-refractivity contribution is 0.0699. The molecular weight excluding hydrogens is 224 g/mol. The number of nitrogens with zero attached hydrogens (tertiary/aromatic N) is 2. The Hall–Kier alpha value is -2.08. The molecule has 0 aromatic carbocycles. The fourth-order valence-corrected chi connectivity index (χ4v) is 1.43. The standard InChI is InChI=1S/C11H12N2O4/c1-7(14)6-17-8-2-3-13-10(4-8)9(5-12-13)11(15)16/h2-5,7,14H,6H2,1H3,(H,15,16). The van der Waals surface area contributed by atoms with Gasteiger partial charge in [0.05, 0.1) is 17.8 Å². The molecule has 0 aliphatic rings. The van der Waals surface area contributed by atoms with E-state index in [9.17, 15) is 4.79 Å². The second-order valence-corrected chi connectivity index (χ2v) is 3.72. The van der Waals surface area contributed by atoms with E-state index >= 15 is 0 Å². The summed E-state index contributed by atoms with van der Waals surface area (Å²) in [5.41, 5.74) is 0.577. The average molecular weight is 236 g/mol. The van der Waals surface area contributed by atoms with Gasteiger partial charge in [-0.3, -0.25) is 0 Å². The number of aromatic carboxylic acids is 1. The molecule has 0 aliphatic carbocycles. The Morgan fingerprint density at radius 3 is 3.06 bits per heavy atom. The van der Waals surface area contributed by atoms with Crippen molar-refractivity contribution in [1.29, 1.82) is 0 Å². The lowest BCUT2D eigenvalue weighted by Crippen LogP contribution is -2.12. The Kier molecular flexibility index (Phi) is 2.97. The highest BCUT2D eigenvalue weighted by molar-refractivity contribution is 5.95. The van der Waals surface area contributed by atoms with E-state index in [0.717, 1.165) is 0 Å². The lowest BCUT2D eigenvalue weighted by atomic mass is 10.2. The summed E-state index contributed by atoms with van der Waals surface area (Å²) in [5.74, 6) is -0.533. The molecule has 0 aliphatic heterocycles. The van der Waals surface area contributed by atoms with Gasteiger partial charge in [0.15, 0.2) is 0 Å². The van der Waals surface area contributed by atoms with Crippen LogP contribution in [0.3, 0.4) is 0 Å². The molecule has 2 aromatic rings. The molecule has 2 aromatic heterocycles. The van der Waals surface area contributed by atoms with E-state index in [1.54, 1.807) is 25.3 Å². The maximum atomic E-state index is 10.9. The van der Waals surface area contributed by atoms with Crippen molar-refractivity contribution < 1.29 is 19.7 Å². The molecule has 90 valence electrons. The molecule has 1 atom stereocenters. The molecule has 0 saturated heterocycles. The number of aliphatic hydroxyl groups excluding tert-OH is 1. The minimum absolute atomic E-state index is 0.118. The summed E-state index contributed by atoms with van der Waals surface area (Å²) in [6.45, 7) is 1.77. The molecule has 6 heteroatoms. The number of pyridine rings is 1. The van der Waals surface area contributed by atoms with Gasteiger partial charge in [0.25, 0.3) is 0 Å². The van der Waals surface area contributed by atoms with E-state index in [4.69, 9.17) is 14.9 Å². The second-order valence-electron chi connectivity index (χ2n) is 3.72. The van der Waals surface area contributed by atoms with Crippen LogP contribution in [0.25, 0.3) is 5.52 Å². The zero-order valence-corrected chi connectivity index (χ0v) is 9.20. The molecule has 0 amide bonds. The Morgan fingerprint density at radius 1 is 1.65 bits per heavy atom. The van der Waals surface area contributed by atoms with E-state index in [-0.39, 0.29) is 12.2 Å². The third-order valence-electron chi connectivity index (χ3n) is 2.21. The Morgan fingerprint density at radius 2 is 2.41 bits per heavy atom. The number of hydrogen-bond donors (Lipinski definition) is 2. The average Bonchev–Trinajstić information content (AvgIpc) is 2.69. The molecule has 0 radical (unpaired) electrons. The summed E-state index contributed by atoms with van der Waals surface area (Å²) in [6.07, 6.45) is 2.32. The Balaban J connectivity index is 2.34. The lowest BCUT2D eigenvalue weighted by Gasteiger charge is -2.08.